The molecule has 1 aromatic rings. The lowest BCUT2D eigenvalue weighted by Gasteiger charge is -2.38. The Bertz CT molecular complexity index is 519. The van der Waals surface area contributed by atoms with E-state index in [1.807, 2.05) is 12.1 Å². The molecule has 3 rings (SSSR count). The van der Waals surface area contributed by atoms with Crippen LogP contribution < -0.4 is 9.47 Å². The van der Waals surface area contributed by atoms with E-state index in [2.05, 4.69) is 20.9 Å². The number of hydrogen-bond acceptors (Lipinski definition) is 4. The van der Waals surface area contributed by atoms with E-state index < -0.39 is 5.54 Å². The van der Waals surface area contributed by atoms with Crippen LogP contribution in [0.25, 0.3) is 0 Å². The van der Waals surface area contributed by atoms with Gasteiger partial charge >= 0.3 is 0 Å². The minimum Gasteiger partial charge on any atom is -0.454 e. The lowest BCUT2D eigenvalue weighted by atomic mass is 9.72. The number of carbonyl (C=O) groups excluding carboxylic acids is 1. The van der Waals surface area contributed by atoms with E-state index in [0.717, 1.165) is 35.0 Å². The molecule has 0 amide bonds. The number of hydrogen-bond donors (Lipinski definition) is 0. The number of aliphatic imine (C=N–C) groups is 1. The van der Waals surface area contributed by atoms with Crippen LogP contribution in [0.1, 0.15) is 24.8 Å². The Kier molecular flexibility index (Phi) is 2.45. The fourth-order valence-electron chi connectivity index (χ4n) is 2.40. The summed E-state index contributed by atoms with van der Waals surface area (Å²) in [6.45, 7) is 0.222. The molecule has 1 heterocycles. The van der Waals surface area contributed by atoms with Gasteiger partial charge in [0.15, 0.2) is 11.5 Å². The number of halogens is 1. The van der Waals surface area contributed by atoms with Gasteiger partial charge < -0.3 is 9.47 Å². The quantitative estimate of drug-likeness (QED) is 0.623. The van der Waals surface area contributed by atoms with E-state index in [4.69, 9.17) is 9.47 Å². The Hall–Kier alpha value is -1.32. The van der Waals surface area contributed by atoms with E-state index in [9.17, 15) is 4.79 Å². The molecular weight excluding hydrogens is 286 g/mol. The van der Waals surface area contributed by atoms with Gasteiger partial charge in [-0.2, -0.15) is 4.99 Å². The zero-order valence-electron chi connectivity index (χ0n) is 9.03. The van der Waals surface area contributed by atoms with Crippen LogP contribution in [0.5, 0.6) is 11.5 Å². The summed E-state index contributed by atoms with van der Waals surface area (Å²) in [7, 11) is 0. The lowest BCUT2D eigenvalue weighted by molar-refractivity contribution is 0.168. The molecule has 0 unspecified atom stereocenters. The van der Waals surface area contributed by atoms with Gasteiger partial charge in [-0.3, -0.25) is 0 Å². The Morgan fingerprint density at radius 2 is 2.18 bits per heavy atom. The maximum Gasteiger partial charge on any atom is 0.235 e. The standard InChI is InChI=1S/C12H10BrNO3/c13-8-2-3-9-11(17-7-16-9)10(8)12(14-6-15)4-1-5-12/h2-3H,1,4-5,7H2. The largest absolute Gasteiger partial charge is 0.454 e. The van der Waals surface area contributed by atoms with Crippen LogP contribution in [0, 0.1) is 0 Å². The Labute approximate surface area is 107 Å². The smallest absolute Gasteiger partial charge is 0.235 e. The first kappa shape index (κ1) is 10.8. The number of rotatable bonds is 2. The average molecular weight is 296 g/mol. The molecule has 5 heteroatoms. The number of fused-ring (bicyclic) bond motifs is 1. The van der Waals surface area contributed by atoms with Gasteiger partial charge in [-0.05, 0) is 31.4 Å². The zero-order chi connectivity index (χ0) is 11.9. The maximum atomic E-state index is 10.6. The number of ether oxygens (including phenoxy) is 2. The molecule has 0 N–H and O–H groups in total. The molecule has 0 bridgehead atoms. The average Bonchev–Trinajstić information content (AvgIpc) is 2.72. The van der Waals surface area contributed by atoms with Gasteiger partial charge in [-0.1, -0.05) is 15.9 Å². The van der Waals surface area contributed by atoms with Crippen molar-refractivity contribution in [1.82, 2.24) is 0 Å². The van der Waals surface area contributed by atoms with Crippen molar-refractivity contribution in [2.45, 2.75) is 24.8 Å². The molecular formula is C12H10BrNO3. The van der Waals surface area contributed by atoms with Gasteiger partial charge in [0.05, 0.1) is 0 Å². The van der Waals surface area contributed by atoms with Crippen molar-refractivity contribution in [3.05, 3.63) is 22.2 Å². The fourth-order valence-corrected chi connectivity index (χ4v) is 3.08. The molecule has 0 atom stereocenters. The van der Waals surface area contributed by atoms with Gasteiger partial charge in [0.25, 0.3) is 0 Å². The number of benzene rings is 1. The second-order valence-electron chi connectivity index (χ2n) is 4.24. The first-order valence-electron chi connectivity index (χ1n) is 5.44. The Morgan fingerprint density at radius 3 is 2.82 bits per heavy atom. The van der Waals surface area contributed by atoms with Gasteiger partial charge in [0.1, 0.15) is 5.54 Å². The predicted octanol–water partition coefficient (Wildman–Crippen LogP) is 2.89. The van der Waals surface area contributed by atoms with E-state index in [0.29, 0.717) is 5.75 Å². The fraction of sp³-hybridized carbons (Fsp3) is 0.417. The number of nitrogens with zero attached hydrogens (tertiary/aromatic N) is 1. The first-order chi connectivity index (χ1) is 8.27. The highest BCUT2D eigenvalue weighted by Gasteiger charge is 2.44. The summed E-state index contributed by atoms with van der Waals surface area (Å²) in [6.07, 6.45) is 4.44. The maximum absolute atomic E-state index is 10.6. The van der Waals surface area contributed by atoms with Crippen LogP contribution in [0.4, 0.5) is 0 Å². The van der Waals surface area contributed by atoms with Crippen molar-refractivity contribution in [2.75, 3.05) is 6.79 Å². The molecule has 0 spiro atoms. The first-order valence-corrected chi connectivity index (χ1v) is 6.24. The van der Waals surface area contributed by atoms with Crippen LogP contribution in [0.3, 0.4) is 0 Å². The highest BCUT2D eigenvalue weighted by Crippen LogP contribution is 2.54. The van der Waals surface area contributed by atoms with Crippen molar-refractivity contribution in [3.63, 3.8) is 0 Å². The topological polar surface area (TPSA) is 47.9 Å². The van der Waals surface area contributed by atoms with Gasteiger partial charge in [-0.15, -0.1) is 0 Å². The third-order valence-corrected chi connectivity index (χ3v) is 4.05. The summed E-state index contributed by atoms with van der Waals surface area (Å²) in [5.41, 5.74) is 0.446. The molecule has 2 aliphatic rings. The minimum atomic E-state index is -0.473. The SMILES string of the molecule is O=C=NC1(c2c(Br)ccc3c2OCO3)CCC1. The Morgan fingerprint density at radius 1 is 1.35 bits per heavy atom. The summed E-state index contributed by atoms with van der Waals surface area (Å²) in [6, 6.07) is 3.76. The zero-order valence-corrected chi connectivity index (χ0v) is 10.6. The highest BCUT2D eigenvalue weighted by molar-refractivity contribution is 9.10. The normalized spacial score (nSPS) is 19.4. The molecule has 0 radical (unpaired) electrons. The van der Waals surface area contributed by atoms with Crippen molar-refractivity contribution >= 4 is 22.0 Å². The molecule has 1 fully saturated rings. The monoisotopic (exact) mass is 295 g/mol. The van der Waals surface area contributed by atoms with Gasteiger partial charge in [0, 0.05) is 10.0 Å². The Balaban J connectivity index is 2.20. The molecule has 0 saturated heterocycles. The molecule has 88 valence electrons. The van der Waals surface area contributed by atoms with Gasteiger partial charge in [-0.25, -0.2) is 4.79 Å². The second-order valence-corrected chi connectivity index (χ2v) is 5.10. The molecule has 1 saturated carbocycles. The van der Waals surface area contributed by atoms with E-state index in [1.165, 1.54) is 0 Å². The van der Waals surface area contributed by atoms with Crippen molar-refractivity contribution in [1.29, 1.82) is 0 Å². The molecule has 17 heavy (non-hydrogen) atoms. The van der Waals surface area contributed by atoms with Crippen LogP contribution >= 0.6 is 15.9 Å². The van der Waals surface area contributed by atoms with Gasteiger partial charge in [0.2, 0.25) is 12.9 Å². The lowest BCUT2D eigenvalue weighted by Crippen LogP contribution is -2.32. The minimum absolute atomic E-state index is 0.222. The van der Waals surface area contributed by atoms with Crippen molar-refractivity contribution in [2.24, 2.45) is 4.99 Å². The summed E-state index contributed by atoms with van der Waals surface area (Å²) in [5.74, 6) is 1.42. The summed E-state index contributed by atoms with van der Waals surface area (Å²) < 4.78 is 11.8. The molecule has 4 nitrogen and oxygen atoms in total. The van der Waals surface area contributed by atoms with E-state index in [-0.39, 0.29) is 6.79 Å². The summed E-state index contributed by atoms with van der Waals surface area (Å²) in [4.78, 5) is 14.6. The number of isocyanates is 1. The molecule has 1 aromatic carbocycles. The third-order valence-electron chi connectivity index (χ3n) is 3.39. The second kappa shape index (κ2) is 3.86. The third kappa shape index (κ3) is 1.50. The molecule has 1 aliphatic heterocycles. The van der Waals surface area contributed by atoms with Crippen LogP contribution in [0.15, 0.2) is 21.6 Å². The highest BCUT2D eigenvalue weighted by atomic mass is 79.9. The van der Waals surface area contributed by atoms with Crippen molar-refractivity contribution < 1.29 is 14.3 Å². The predicted molar refractivity (Wildman–Crippen MR) is 63.9 cm³/mol. The van der Waals surface area contributed by atoms with E-state index >= 15 is 0 Å². The summed E-state index contributed by atoms with van der Waals surface area (Å²) in [5, 5.41) is 0. The van der Waals surface area contributed by atoms with Crippen LogP contribution in [0.2, 0.25) is 0 Å². The van der Waals surface area contributed by atoms with Crippen LogP contribution in [-0.4, -0.2) is 12.9 Å². The molecule has 1 aliphatic carbocycles. The summed E-state index contributed by atoms with van der Waals surface area (Å²) >= 11 is 3.51. The molecule has 0 aromatic heterocycles. The van der Waals surface area contributed by atoms with E-state index in [1.54, 1.807) is 6.08 Å². The van der Waals surface area contributed by atoms with Crippen molar-refractivity contribution in [3.8, 4) is 11.5 Å². The van der Waals surface area contributed by atoms with Crippen LogP contribution in [-0.2, 0) is 10.3 Å².